The van der Waals surface area contributed by atoms with Gasteiger partial charge in [0.1, 0.15) is 0 Å². The lowest BCUT2D eigenvalue weighted by molar-refractivity contribution is -0.119. The lowest BCUT2D eigenvalue weighted by Gasteiger charge is -2.20. The average Bonchev–Trinajstić information content (AvgIpc) is 2.60. The summed E-state index contributed by atoms with van der Waals surface area (Å²) in [5.41, 5.74) is 5.21. The second-order valence-corrected chi connectivity index (χ2v) is 7.84. The van der Waals surface area contributed by atoms with E-state index in [0.29, 0.717) is 24.5 Å². The molecule has 2 rings (SSSR count). The fourth-order valence-corrected chi connectivity index (χ4v) is 4.16. The number of rotatable bonds is 3. The molecule has 0 atom stereocenters. The summed E-state index contributed by atoms with van der Waals surface area (Å²) >= 11 is 8.22. The van der Waals surface area contributed by atoms with E-state index in [1.54, 1.807) is 0 Å². The number of hydrogen-bond donors (Lipinski definition) is 1. The smallest absolute Gasteiger partial charge is 0.264 e. The first-order valence-corrected chi connectivity index (χ1v) is 8.62. The van der Waals surface area contributed by atoms with Gasteiger partial charge in [-0.1, -0.05) is 0 Å². The van der Waals surface area contributed by atoms with Crippen LogP contribution in [-0.2, 0) is 4.79 Å². The monoisotopic (exact) mass is 423 g/mol. The predicted molar refractivity (Wildman–Crippen MR) is 85.9 cm³/mol. The van der Waals surface area contributed by atoms with Gasteiger partial charge >= 0.3 is 0 Å². The van der Waals surface area contributed by atoms with Crippen molar-refractivity contribution < 1.29 is 9.59 Å². The largest absolute Gasteiger partial charge is 0.369 e. The first kappa shape index (κ1) is 15.9. The van der Waals surface area contributed by atoms with Crippen molar-refractivity contribution >= 4 is 55.0 Å². The van der Waals surface area contributed by atoms with Crippen molar-refractivity contribution in [3.63, 3.8) is 0 Å². The van der Waals surface area contributed by atoms with E-state index in [1.807, 2.05) is 15.9 Å². The third-order valence-electron chi connectivity index (χ3n) is 3.11. The maximum absolute atomic E-state index is 12.4. The summed E-state index contributed by atoms with van der Waals surface area (Å²) in [5.74, 6) is -0.279. The Labute approximate surface area is 138 Å². The van der Waals surface area contributed by atoms with Crippen LogP contribution < -0.4 is 5.73 Å². The predicted octanol–water partition coefficient (Wildman–Crippen LogP) is 1.91. The van der Waals surface area contributed by atoms with Gasteiger partial charge in [-0.15, -0.1) is 11.3 Å². The summed E-state index contributed by atoms with van der Waals surface area (Å²) in [5, 5.41) is 0. The Balaban J connectivity index is 1.99. The maximum Gasteiger partial charge on any atom is 0.264 e. The highest BCUT2D eigenvalue weighted by Gasteiger charge is 2.22. The molecular formula is C12H15Br2N3O2S. The number of primary amides is 1. The van der Waals surface area contributed by atoms with Gasteiger partial charge in [-0.05, 0) is 44.3 Å². The van der Waals surface area contributed by atoms with Crippen LogP contribution in [0.3, 0.4) is 0 Å². The highest BCUT2D eigenvalue weighted by atomic mass is 79.9. The summed E-state index contributed by atoms with van der Waals surface area (Å²) in [6, 6.07) is 1.84. The minimum atomic E-state index is -0.323. The fraction of sp³-hybridized carbons (Fsp3) is 0.500. The number of nitrogens with zero attached hydrogens (tertiary/aromatic N) is 2. The minimum Gasteiger partial charge on any atom is -0.369 e. The molecule has 0 aliphatic carbocycles. The van der Waals surface area contributed by atoms with Gasteiger partial charge < -0.3 is 10.6 Å². The van der Waals surface area contributed by atoms with Crippen LogP contribution in [0.4, 0.5) is 0 Å². The van der Waals surface area contributed by atoms with E-state index >= 15 is 0 Å². The molecule has 5 nitrogen and oxygen atoms in total. The zero-order valence-electron chi connectivity index (χ0n) is 10.8. The summed E-state index contributed by atoms with van der Waals surface area (Å²) in [4.78, 5) is 27.9. The van der Waals surface area contributed by atoms with Crippen LogP contribution in [0.2, 0.25) is 0 Å². The zero-order chi connectivity index (χ0) is 14.7. The molecule has 1 fully saturated rings. The fourth-order valence-electron chi connectivity index (χ4n) is 2.16. The van der Waals surface area contributed by atoms with Crippen LogP contribution in [0, 0.1) is 0 Å². The van der Waals surface area contributed by atoms with Crippen LogP contribution in [0.25, 0.3) is 0 Å². The number of nitrogens with two attached hydrogens (primary N) is 1. The van der Waals surface area contributed by atoms with Gasteiger partial charge in [0.15, 0.2) is 0 Å². The van der Waals surface area contributed by atoms with Crippen LogP contribution in [0.15, 0.2) is 14.3 Å². The van der Waals surface area contributed by atoms with E-state index in [-0.39, 0.29) is 18.4 Å². The molecule has 0 aromatic carbocycles. The molecule has 1 aliphatic rings. The van der Waals surface area contributed by atoms with Gasteiger partial charge in [-0.25, -0.2) is 0 Å². The summed E-state index contributed by atoms with van der Waals surface area (Å²) in [6.45, 7) is 3.07. The zero-order valence-corrected chi connectivity index (χ0v) is 14.8. The summed E-state index contributed by atoms with van der Waals surface area (Å²) in [7, 11) is 0. The molecule has 20 heavy (non-hydrogen) atoms. The molecule has 2 heterocycles. The number of carbonyl (C=O) groups is 2. The molecule has 0 unspecified atom stereocenters. The van der Waals surface area contributed by atoms with E-state index in [0.717, 1.165) is 21.2 Å². The van der Waals surface area contributed by atoms with Gasteiger partial charge in [0.25, 0.3) is 5.91 Å². The molecular weight excluding hydrogens is 410 g/mol. The van der Waals surface area contributed by atoms with Gasteiger partial charge in [0.05, 0.1) is 15.2 Å². The first-order chi connectivity index (χ1) is 9.47. The van der Waals surface area contributed by atoms with Gasteiger partial charge in [0, 0.05) is 30.7 Å². The van der Waals surface area contributed by atoms with Crippen molar-refractivity contribution in [3.8, 4) is 0 Å². The topological polar surface area (TPSA) is 66.6 Å². The van der Waals surface area contributed by atoms with Crippen LogP contribution in [0.5, 0.6) is 0 Å². The third-order valence-corrected chi connectivity index (χ3v) is 6.36. The molecule has 1 aliphatic heterocycles. The van der Waals surface area contributed by atoms with E-state index < -0.39 is 0 Å². The molecule has 2 N–H and O–H groups in total. The van der Waals surface area contributed by atoms with Crippen LogP contribution in [-0.4, -0.2) is 54.3 Å². The summed E-state index contributed by atoms with van der Waals surface area (Å²) < 4.78 is 1.82. The quantitative estimate of drug-likeness (QED) is 0.805. The highest BCUT2D eigenvalue weighted by molar-refractivity contribution is 9.13. The number of carbonyl (C=O) groups excluding carboxylic acids is 2. The lowest BCUT2D eigenvalue weighted by atomic mass is 10.3. The van der Waals surface area contributed by atoms with Crippen molar-refractivity contribution in [1.29, 1.82) is 0 Å². The SMILES string of the molecule is NC(=O)CN1CCCN(C(=O)c2cc(Br)c(Br)s2)CC1. The Kier molecular flexibility index (Phi) is 5.59. The standard InChI is InChI=1S/C12H15Br2N3O2S/c13-8-6-9(20-11(8)14)12(19)17-3-1-2-16(4-5-17)7-10(15)18/h6H,1-5,7H2,(H2,15,18). The number of thiophene rings is 1. The van der Waals surface area contributed by atoms with Crippen molar-refractivity contribution in [2.75, 3.05) is 32.7 Å². The van der Waals surface area contributed by atoms with Gasteiger partial charge in [0.2, 0.25) is 5.91 Å². The van der Waals surface area contributed by atoms with Crippen LogP contribution >= 0.6 is 43.2 Å². The van der Waals surface area contributed by atoms with E-state index in [9.17, 15) is 9.59 Å². The van der Waals surface area contributed by atoms with Crippen molar-refractivity contribution in [2.24, 2.45) is 5.73 Å². The molecule has 1 aromatic rings. The number of amides is 2. The average molecular weight is 425 g/mol. The molecule has 1 aromatic heterocycles. The summed E-state index contributed by atoms with van der Waals surface area (Å²) in [6.07, 6.45) is 0.854. The number of halogens is 2. The molecule has 0 radical (unpaired) electrons. The molecule has 8 heteroatoms. The lowest BCUT2D eigenvalue weighted by Crippen LogP contribution is -2.38. The maximum atomic E-state index is 12.4. The normalized spacial score (nSPS) is 17.0. The van der Waals surface area contributed by atoms with Crippen molar-refractivity contribution in [2.45, 2.75) is 6.42 Å². The Morgan fingerprint density at radius 3 is 2.60 bits per heavy atom. The van der Waals surface area contributed by atoms with Gasteiger partial charge in [-0.3, -0.25) is 14.5 Å². The van der Waals surface area contributed by atoms with Crippen molar-refractivity contribution in [3.05, 3.63) is 19.2 Å². The minimum absolute atomic E-state index is 0.0438. The second kappa shape index (κ2) is 7.02. The van der Waals surface area contributed by atoms with Gasteiger partial charge in [-0.2, -0.15) is 0 Å². The van der Waals surface area contributed by atoms with Crippen molar-refractivity contribution in [1.82, 2.24) is 9.80 Å². The van der Waals surface area contributed by atoms with E-state index in [1.165, 1.54) is 11.3 Å². The molecule has 0 bridgehead atoms. The van der Waals surface area contributed by atoms with E-state index in [4.69, 9.17) is 5.73 Å². The molecule has 2 amide bonds. The Morgan fingerprint density at radius 1 is 1.25 bits per heavy atom. The van der Waals surface area contributed by atoms with Crippen LogP contribution in [0.1, 0.15) is 16.1 Å². The highest BCUT2D eigenvalue weighted by Crippen LogP contribution is 2.33. The Morgan fingerprint density at radius 2 is 2.00 bits per heavy atom. The number of hydrogen-bond acceptors (Lipinski definition) is 4. The van der Waals surface area contributed by atoms with E-state index in [2.05, 4.69) is 31.9 Å². The second-order valence-electron chi connectivity index (χ2n) is 4.62. The Hall–Kier alpha value is -0.440. The first-order valence-electron chi connectivity index (χ1n) is 6.22. The Bertz CT molecular complexity index is 501. The molecule has 1 saturated heterocycles. The molecule has 0 spiro atoms. The third kappa shape index (κ3) is 4.03. The molecule has 110 valence electrons. The molecule has 0 saturated carbocycles.